The lowest BCUT2D eigenvalue weighted by atomic mass is 10.0. The molecule has 0 radical (unpaired) electrons. The predicted octanol–water partition coefficient (Wildman–Crippen LogP) is 0.722. The largest absolute Gasteiger partial charge is 0.480 e. The first kappa shape index (κ1) is 11.5. The summed E-state index contributed by atoms with van der Waals surface area (Å²) in [4.78, 5) is 10.9. The van der Waals surface area contributed by atoms with Gasteiger partial charge in [-0.1, -0.05) is 13.8 Å². The lowest BCUT2D eigenvalue weighted by Crippen LogP contribution is -2.43. The molecule has 2 atom stereocenters. The summed E-state index contributed by atoms with van der Waals surface area (Å²) in [7, 11) is 0. The molecule has 0 amide bonds. The van der Waals surface area contributed by atoms with Crippen molar-refractivity contribution < 1.29 is 14.6 Å². The van der Waals surface area contributed by atoms with Crippen molar-refractivity contribution in [1.82, 2.24) is 5.32 Å². The van der Waals surface area contributed by atoms with Gasteiger partial charge in [0.2, 0.25) is 0 Å². The molecule has 1 fully saturated rings. The maximum absolute atomic E-state index is 10.9. The second kappa shape index (κ2) is 5.32. The average Bonchev–Trinajstić information content (AvgIpc) is 2.55. The van der Waals surface area contributed by atoms with Crippen LogP contribution in [0.15, 0.2) is 0 Å². The fraction of sp³-hybridized carbons (Fsp3) is 0.900. The Morgan fingerprint density at radius 2 is 2.36 bits per heavy atom. The van der Waals surface area contributed by atoms with E-state index in [-0.39, 0.29) is 5.92 Å². The van der Waals surface area contributed by atoms with Crippen LogP contribution >= 0.6 is 0 Å². The molecule has 1 heterocycles. The molecule has 0 aromatic rings. The van der Waals surface area contributed by atoms with Crippen LogP contribution in [0.5, 0.6) is 0 Å². The van der Waals surface area contributed by atoms with E-state index in [1.165, 1.54) is 0 Å². The Bertz CT molecular complexity index is 188. The van der Waals surface area contributed by atoms with E-state index in [4.69, 9.17) is 9.84 Å². The van der Waals surface area contributed by atoms with Crippen LogP contribution in [-0.2, 0) is 9.53 Å². The summed E-state index contributed by atoms with van der Waals surface area (Å²) < 4.78 is 5.22. The summed E-state index contributed by atoms with van der Waals surface area (Å²) in [6, 6.07) is -0.435. The second-order valence-corrected chi connectivity index (χ2v) is 4.20. The first-order valence-electron chi connectivity index (χ1n) is 5.15. The average molecular weight is 201 g/mol. The number of carbonyl (C=O) groups is 1. The number of hydrogen-bond acceptors (Lipinski definition) is 3. The highest BCUT2D eigenvalue weighted by atomic mass is 16.5. The van der Waals surface area contributed by atoms with Gasteiger partial charge in [-0.05, 0) is 18.3 Å². The summed E-state index contributed by atoms with van der Waals surface area (Å²) in [6.45, 7) is 6.15. The highest BCUT2D eigenvalue weighted by molar-refractivity contribution is 5.73. The third-order valence-corrected chi connectivity index (χ3v) is 2.58. The number of aliphatic carboxylic acids is 1. The quantitative estimate of drug-likeness (QED) is 0.688. The molecular weight excluding hydrogens is 182 g/mol. The van der Waals surface area contributed by atoms with Crippen molar-refractivity contribution in [2.24, 2.45) is 11.8 Å². The fourth-order valence-electron chi connectivity index (χ4n) is 1.65. The van der Waals surface area contributed by atoms with Crippen LogP contribution in [0, 0.1) is 11.8 Å². The van der Waals surface area contributed by atoms with E-state index in [1.807, 2.05) is 13.8 Å². The van der Waals surface area contributed by atoms with Crippen molar-refractivity contribution in [3.63, 3.8) is 0 Å². The SMILES string of the molecule is CC(C)C(NCC1CCOC1)C(=O)O. The molecule has 0 aliphatic carbocycles. The molecule has 4 nitrogen and oxygen atoms in total. The van der Waals surface area contributed by atoms with Crippen molar-refractivity contribution in [2.45, 2.75) is 26.3 Å². The molecule has 1 aliphatic heterocycles. The van der Waals surface area contributed by atoms with Crippen LogP contribution < -0.4 is 5.32 Å². The van der Waals surface area contributed by atoms with E-state index in [9.17, 15) is 4.79 Å². The van der Waals surface area contributed by atoms with Gasteiger partial charge in [-0.3, -0.25) is 4.79 Å². The standard InChI is InChI=1S/C10H19NO3/c1-7(2)9(10(12)13)11-5-8-3-4-14-6-8/h7-9,11H,3-6H2,1-2H3,(H,12,13). The van der Waals surface area contributed by atoms with Crippen LogP contribution in [0.4, 0.5) is 0 Å². The molecule has 0 bridgehead atoms. The summed E-state index contributed by atoms with van der Waals surface area (Å²) in [6.07, 6.45) is 1.04. The number of ether oxygens (including phenoxy) is 1. The number of nitrogens with one attached hydrogen (secondary N) is 1. The minimum Gasteiger partial charge on any atom is -0.480 e. The number of rotatable bonds is 5. The van der Waals surface area contributed by atoms with Gasteiger partial charge in [0.25, 0.3) is 0 Å². The maximum Gasteiger partial charge on any atom is 0.320 e. The molecule has 0 aromatic carbocycles. The molecule has 1 rings (SSSR count). The molecule has 82 valence electrons. The fourth-order valence-corrected chi connectivity index (χ4v) is 1.65. The van der Waals surface area contributed by atoms with Gasteiger partial charge < -0.3 is 15.2 Å². The lowest BCUT2D eigenvalue weighted by Gasteiger charge is -2.19. The minimum atomic E-state index is -0.765. The van der Waals surface area contributed by atoms with Crippen LogP contribution in [0.3, 0.4) is 0 Å². The summed E-state index contributed by atoms with van der Waals surface area (Å²) >= 11 is 0. The summed E-state index contributed by atoms with van der Waals surface area (Å²) in [5.74, 6) is -0.163. The van der Waals surface area contributed by atoms with Gasteiger partial charge in [0.1, 0.15) is 6.04 Å². The highest BCUT2D eigenvalue weighted by Crippen LogP contribution is 2.12. The van der Waals surface area contributed by atoms with Crippen LogP contribution in [0.2, 0.25) is 0 Å². The molecule has 4 heteroatoms. The molecule has 0 aromatic heterocycles. The Morgan fingerprint density at radius 1 is 1.64 bits per heavy atom. The maximum atomic E-state index is 10.9. The molecule has 1 aliphatic rings. The zero-order valence-corrected chi connectivity index (χ0v) is 8.82. The molecule has 2 N–H and O–H groups in total. The zero-order valence-electron chi connectivity index (χ0n) is 8.82. The first-order valence-corrected chi connectivity index (χ1v) is 5.15. The van der Waals surface area contributed by atoms with Crippen molar-refractivity contribution in [2.75, 3.05) is 19.8 Å². The van der Waals surface area contributed by atoms with Crippen LogP contribution in [0.1, 0.15) is 20.3 Å². The second-order valence-electron chi connectivity index (χ2n) is 4.20. The number of carboxylic acids is 1. The third-order valence-electron chi connectivity index (χ3n) is 2.58. The molecule has 1 saturated heterocycles. The van der Waals surface area contributed by atoms with E-state index in [0.717, 1.165) is 26.2 Å². The Kier molecular flexibility index (Phi) is 4.35. The predicted molar refractivity (Wildman–Crippen MR) is 53.2 cm³/mol. The van der Waals surface area contributed by atoms with Gasteiger partial charge in [0.05, 0.1) is 6.61 Å². The monoisotopic (exact) mass is 201 g/mol. The smallest absolute Gasteiger partial charge is 0.320 e. The summed E-state index contributed by atoms with van der Waals surface area (Å²) in [5.41, 5.74) is 0. The van der Waals surface area contributed by atoms with E-state index in [0.29, 0.717) is 5.92 Å². The highest BCUT2D eigenvalue weighted by Gasteiger charge is 2.23. The Balaban J connectivity index is 2.28. The van der Waals surface area contributed by atoms with Crippen molar-refractivity contribution in [3.8, 4) is 0 Å². The molecule has 2 unspecified atom stereocenters. The van der Waals surface area contributed by atoms with Crippen LogP contribution in [0.25, 0.3) is 0 Å². The lowest BCUT2D eigenvalue weighted by molar-refractivity contribution is -0.140. The van der Waals surface area contributed by atoms with E-state index in [1.54, 1.807) is 0 Å². The molecule has 0 spiro atoms. The van der Waals surface area contributed by atoms with Gasteiger partial charge in [-0.2, -0.15) is 0 Å². The van der Waals surface area contributed by atoms with E-state index in [2.05, 4.69) is 5.32 Å². The Labute approximate surface area is 84.6 Å². The van der Waals surface area contributed by atoms with E-state index < -0.39 is 12.0 Å². The van der Waals surface area contributed by atoms with Gasteiger partial charge in [-0.15, -0.1) is 0 Å². The van der Waals surface area contributed by atoms with Gasteiger partial charge in [0, 0.05) is 13.2 Å². The molecular formula is C10H19NO3. The van der Waals surface area contributed by atoms with Gasteiger partial charge in [0.15, 0.2) is 0 Å². The molecule has 0 saturated carbocycles. The minimum absolute atomic E-state index is 0.120. The van der Waals surface area contributed by atoms with Crippen molar-refractivity contribution >= 4 is 5.97 Å². The Hall–Kier alpha value is -0.610. The van der Waals surface area contributed by atoms with Gasteiger partial charge in [-0.25, -0.2) is 0 Å². The Morgan fingerprint density at radius 3 is 2.79 bits per heavy atom. The normalized spacial score (nSPS) is 24.1. The number of carboxylic acid groups (broad SMARTS) is 1. The van der Waals surface area contributed by atoms with Crippen molar-refractivity contribution in [3.05, 3.63) is 0 Å². The van der Waals surface area contributed by atoms with Crippen molar-refractivity contribution in [1.29, 1.82) is 0 Å². The summed E-state index contributed by atoms with van der Waals surface area (Å²) in [5, 5.41) is 12.0. The topological polar surface area (TPSA) is 58.6 Å². The molecule has 14 heavy (non-hydrogen) atoms. The number of hydrogen-bond donors (Lipinski definition) is 2. The first-order chi connectivity index (χ1) is 6.61. The zero-order chi connectivity index (χ0) is 10.6. The van der Waals surface area contributed by atoms with Gasteiger partial charge >= 0.3 is 5.97 Å². The van der Waals surface area contributed by atoms with Crippen LogP contribution in [-0.4, -0.2) is 36.9 Å². The van der Waals surface area contributed by atoms with E-state index >= 15 is 0 Å². The third kappa shape index (κ3) is 3.27.